The Bertz CT molecular complexity index is 575. The van der Waals surface area contributed by atoms with Gasteiger partial charge in [0, 0.05) is 24.2 Å². The molecule has 1 fully saturated rings. The molecular weight excluding hydrogens is 382 g/mol. The molecule has 0 unspecified atom stereocenters. The highest BCUT2D eigenvalue weighted by Crippen LogP contribution is 2.21. The van der Waals surface area contributed by atoms with Crippen LogP contribution in [0.25, 0.3) is 0 Å². The van der Waals surface area contributed by atoms with Crippen molar-refractivity contribution in [2.75, 3.05) is 19.7 Å². The van der Waals surface area contributed by atoms with Crippen LogP contribution < -0.4 is 0 Å². The first-order valence-corrected chi connectivity index (χ1v) is 9.89. The van der Waals surface area contributed by atoms with Gasteiger partial charge >= 0.3 is 6.09 Å². The molecule has 0 atom stereocenters. The number of carbonyl (C=O) groups is 1. The maximum atomic E-state index is 12.1. The number of likely N-dealkylation sites (tertiary alicyclic amines) is 1. The van der Waals surface area contributed by atoms with E-state index in [-0.39, 0.29) is 12.2 Å². The zero-order valence-electron chi connectivity index (χ0n) is 15.8. The molecule has 0 N–H and O–H groups in total. The Morgan fingerprint density at radius 3 is 2.60 bits per heavy atom. The van der Waals surface area contributed by atoms with Gasteiger partial charge in [-0.15, -0.1) is 0 Å². The smallest absolute Gasteiger partial charge is 0.410 e. The van der Waals surface area contributed by atoms with Crippen molar-refractivity contribution in [3.63, 3.8) is 0 Å². The van der Waals surface area contributed by atoms with Crippen LogP contribution >= 0.6 is 15.9 Å². The van der Waals surface area contributed by atoms with E-state index >= 15 is 0 Å². The van der Waals surface area contributed by atoms with Gasteiger partial charge in [0.05, 0.1) is 6.10 Å². The van der Waals surface area contributed by atoms with Crippen molar-refractivity contribution < 1.29 is 14.3 Å². The molecule has 25 heavy (non-hydrogen) atoms. The summed E-state index contributed by atoms with van der Waals surface area (Å²) in [6.07, 6.45) is 3.86. The zero-order valence-corrected chi connectivity index (χ0v) is 17.4. The van der Waals surface area contributed by atoms with Crippen LogP contribution in [0, 0.1) is 6.92 Å². The highest BCUT2D eigenvalue weighted by atomic mass is 79.9. The number of halogens is 1. The molecule has 0 bridgehead atoms. The summed E-state index contributed by atoms with van der Waals surface area (Å²) >= 11 is 3.58. The van der Waals surface area contributed by atoms with Gasteiger partial charge in [-0.25, -0.2) is 4.79 Å². The predicted molar refractivity (Wildman–Crippen MR) is 104 cm³/mol. The van der Waals surface area contributed by atoms with Gasteiger partial charge in [0.15, 0.2) is 0 Å². The number of hydrogen-bond donors (Lipinski definition) is 0. The minimum Gasteiger partial charge on any atom is -0.444 e. The van der Waals surface area contributed by atoms with E-state index in [2.05, 4.69) is 41.1 Å². The van der Waals surface area contributed by atoms with Crippen LogP contribution in [0.5, 0.6) is 0 Å². The molecule has 4 nitrogen and oxygen atoms in total. The van der Waals surface area contributed by atoms with E-state index in [1.54, 1.807) is 4.90 Å². The van der Waals surface area contributed by atoms with Gasteiger partial charge < -0.3 is 14.4 Å². The molecular formula is C20H30BrNO3. The third-order valence-corrected chi connectivity index (χ3v) is 5.28. The van der Waals surface area contributed by atoms with E-state index in [0.29, 0.717) is 13.1 Å². The van der Waals surface area contributed by atoms with Crippen LogP contribution in [0.4, 0.5) is 4.79 Å². The first-order valence-electron chi connectivity index (χ1n) is 9.10. The summed E-state index contributed by atoms with van der Waals surface area (Å²) in [5.41, 5.74) is 2.25. The minimum atomic E-state index is -0.436. The number of piperidine rings is 1. The lowest BCUT2D eigenvalue weighted by Crippen LogP contribution is -2.43. The second kappa shape index (κ2) is 9.04. The fourth-order valence-corrected chi connectivity index (χ4v) is 3.37. The lowest BCUT2D eigenvalue weighted by Gasteiger charge is -2.33. The van der Waals surface area contributed by atoms with E-state index < -0.39 is 5.60 Å². The Kier molecular flexibility index (Phi) is 7.32. The molecule has 1 saturated heterocycles. The van der Waals surface area contributed by atoms with Crippen molar-refractivity contribution in [2.24, 2.45) is 0 Å². The summed E-state index contributed by atoms with van der Waals surface area (Å²) in [7, 11) is 0. The molecule has 0 spiro atoms. The number of hydrogen-bond acceptors (Lipinski definition) is 3. The Morgan fingerprint density at radius 1 is 1.28 bits per heavy atom. The minimum absolute atomic E-state index is 0.212. The van der Waals surface area contributed by atoms with E-state index in [9.17, 15) is 4.79 Å². The van der Waals surface area contributed by atoms with Crippen LogP contribution in [0.1, 0.15) is 51.2 Å². The molecule has 1 aromatic carbocycles. The van der Waals surface area contributed by atoms with Crippen LogP contribution in [0.2, 0.25) is 0 Å². The molecule has 1 amide bonds. The number of carbonyl (C=O) groups excluding carboxylic acids is 1. The van der Waals surface area contributed by atoms with Crippen molar-refractivity contribution in [3.8, 4) is 0 Å². The lowest BCUT2D eigenvalue weighted by atomic mass is 10.0. The second-order valence-electron chi connectivity index (χ2n) is 7.67. The molecule has 1 aliphatic rings. The predicted octanol–water partition coefficient (Wildman–Crippen LogP) is 5.11. The van der Waals surface area contributed by atoms with Crippen LogP contribution in [0.15, 0.2) is 22.7 Å². The molecule has 1 heterocycles. The van der Waals surface area contributed by atoms with Gasteiger partial charge in [-0.3, -0.25) is 0 Å². The Balaban J connectivity index is 1.66. The zero-order chi connectivity index (χ0) is 18.4. The third kappa shape index (κ3) is 6.63. The van der Waals surface area contributed by atoms with Gasteiger partial charge in [-0.05, 0) is 70.6 Å². The Morgan fingerprint density at radius 2 is 1.96 bits per heavy atom. The van der Waals surface area contributed by atoms with Crippen LogP contribution in [-0.4, -0.2) is 42.4 Å². The molecule has 1 aliphatic heterocycles. The molecule has 0 saturated carbocycles. The quantitative estimate of drug-likeness (QED) is 0.632. The van der Waals surface area contributed by atoms with Gasteiger partial charge in [-0.2, -0.15) is 0 Å². The SMILES string of the molecule is Cc1c(Br)cccc1CCCOC1CCN(C(=O)OC(C)(C)C)CC1. The molecule has 5 heteroatoms. The first-order chi connectivity index (χ1) is 11.8. The van der Waals surface area contributed by atoms with E-state index in [0.717, 1.165) is 32.3 Å². The number of benzene rings is 1. The summed E-state index contributed by atoms with van der Waals surface area (Å²) in [5, 5.41) is 0. The average molecular weight is 412 g/mol. The van der Waals surface area contributed by atoms with E-state index in [1.807, 2.05) is 20.8 Å². The van der Waals surface area contributed by atoms with Gasteiger partial charge in [-0.1, -0.05) is 28.1 Å². The Hall–Kier alpha value is -1.07. The molecule has 0 aromatic heterocycles. The fourth-order valence-electron chi connectivity index (χ4n) is 2.97. The summed E-state index contributed by atoms with van der Waals surface area (Å²) in [5.74, 6) is 0. The highest BCUT2D eigenvalue weighted by molar-refractivity contribution is 9.10. The maximum Gasteiger partial charge on any atom is 0.410 e. The number of ether oxygens (including phenoxy) is 2. The molecule has 0 aliphatic carbocycles. The van der Waals surface area contributed by atoms with Crippen LogP contribution in [0.3, 0.4) is 0 Å². The monoisotopic (exact) mass is 411 g/mol. The van der Waals surface area contributed by atoms with Crippen molar-refractivity contribution in [1.29, 1.82) is 0 Å². The lowest BCUT2D eigenvalue weighted by molar-refractivity contribution is -0.0117. The summed E-state index contributed by atoms with van der Waals surface area (Å²) in [4.78, 5) is 13.8. The normalized spacial score (nSPS) is 16.1. The van der Waals surface area contributed by atoms with Gasteiger partial charge in [0.25, 0.3) is 0 Å². The average Bonchev–Trinajstić information content (AvgIpc) is 2.54. The summed E-state index contributed by atoms with van der Waals surface area (Å²) < 4.78 is 12.6. The summed E-state index contributed by atoms with van der Waals surface area (Å²) in [6.45, 7) is 10.0. The second-order valence-corrected chi connectivity index (χ2v) is 8.52. The van der Waals surface area contributed by atoms with Crippen molar-refractivity contribution >= 4 is 22.0 Å². The number of nitrogens with zero attached hydrogens (tertiary/aromatic N) is 1. The maximum absolute atomic E-state index is 12.1. The molecule has 2 rings (SSSR count). The Labute approximate surface area is 160 Å². The molecule has 1 aromatic rings. The summed E-state index contributed by atoms with van der Waals surface area (Å²) in [6, 6.07) is 6.34. The molecule has 0 radical (unpaired) electrons. The number of rotatable bonds is 5. The third-order valence-electron chi connectivity index (χ3n) is 4.42. The van der Waals surface area contributed by atoms with Gasteiger partial charge in [0.1, 0.15) is 5.60 Å². The van der Waals surface area contributed by atoms with E-state index in [1.165, 1.54) is 15.6 Å². The standard InChI is InChI=1S/C20H30BrNO3/c1-15-16(7-5-9-18(15)21)8-6-14-24-17-10-12-22(13-11-17)19(23)25-20(2,3)4/h5,7,9,17H,6,8,10-14H2,1-4H3. The highest BCUT2D eigenvalue weighted by Gasteiger charge is 2.27. The largest absolute Gasteiger partial charge is 0.444 e. The van der Waals surface area contributed by atoms with Gasteiger partial charge in [0.2, 0.25) is 0 Å². The topological polar surface area (TPSA) is 38.8 Å². The molecule has 140 valence electrons. The van der Waals surface area contributed by atoms with Crippen molar-refractivity contribution in [1.82, 2.24) is 4.90 Å². The number of aryl methyl sites for hydroxylation is 1. The fraction of sp³-hybridized carbons (Fsp3) is 0.650. The van der Waals surface area contributed by atoms with Crippen LogP contribution in [-0.2, 0) is 15.9 Å². The number of amides is 1. The first kappa shape index (κ1) is 20.2. The van der Waals surface area contributed by atoms with E-state index in [4.69, 9.17) is 9.47 Å². The van der Waals surface area contributed by atoms with Crippen molar-refractivity contribution in [3.05, 3.63) is 33.8 Å². The van der Waals surface area contributed by atoms with Crippen molar-refractivity contribution in [2.45, 2.75) is 65.1 Å².